The summed E-state index contributed by atoms with van der Waals surface area (Å²) >= 11 is 0. The van der Waals surface area contributed by atoms with E-state index in [9.17, 15) is 0 Å². The molecule has 0 radical (unpaired) electrons. The maximum atomic E-state index is 8.57. The summed E-state index contributed by atoms with van der Waals surface area (Å²) in [5.74, 6) is 0.165. The lowest BCUT2D eigenvalue weighted by Crippen LogP contribution is -2.52. The molecule has 1 saturated heterocycles. The molecule has 288 valence electrons. The van der Waals surface area contributed by atoms with Gasteiger partial charge in [-0.25, -0.2) is 0 Å². The minimum absolute atomic E-state index is 0.165. The first-order valence-corrected chi connectivity index (χ1v) is 25.9. The zero-order chi connectivity index (χ0) is 40.5. The van der Waals surface area contributed by atoms with Crippen LogP contribution in [0.15, 0.2) is 0 Å². The van der Waals surface area contributed by atoms with Crippen LogP contribution < -0.4 is 0 Å². The Morgan fingerprint density at radius 3 is 0.618 bits per heavy atom. The molecule has 2 nitrogen and oxygen atoms in total. The molecule has 28 aromatic rings. The molecule has 4 aliphatic carbocycles. The van der Waals surface area contributed by atoms with Crippen LogP contribution in [0.3, 0.4) is 0 Å². The van der Waals surface area contributed by atoms with E-state index in [1.807, 2.05) is 0 Å². The molecule has 1 aliphatic heterocycles. The summed E-state index contributed by atoms with van der Waals surface area (Å²) in [4.78, 5) is 0. The normalized spacial score (nSPS) is 25.1. The Labute approximate surface area is 370 Å². The van der Waals surface area contributed by atoms with Gasteiger partial charge in [-0.3, -0.25) is 0 Å². The molecule has 33 rings (SSSR count). The third-order valence-electron chi connectivity index (χ3n) is 25.2. The smallest absolute Gasteiger partial charge is 0.163 e. The van der Waals surface area contributed by atoms with Crippen molar-refractivity contribution < 1.29 is 9.47 Å². The van der Waals surface area contributed by atoms with Crippen LogP contribution in [0.2, 0.25) is 0 Å². The van der Waals surface area contributed by atoms with Crippen molar-refractivity contribution in [1.29, 1.82) is 0 Å². The van der Waals surface area contributed by atoms with E-state index in [0.717, 1.165) is 6.42 Å². The van der Waals surface area contributed by atoms with Crippen LogP contribution in [0.25, 0.3) is 291 Å². The van der Waals surface area contributed by atoms with Crippen molar-refractivity contribution in [3.63, 3.8) is 0 Å². The van der Waals surface area contributed by atoms with Crippen molar-refractivity contribution in [1.82, 2.24) is 0 Å². The van der Waals surface area contributed by atoms with Gasteiger partial charge in [0.1, 0.15) is 5.60 Å². The van der Waals surface area contributed by atoms with E-state index in [2.05, 4.69) is 13.8 Å². The lowest BCUT2D eigenvalue weighted by atomic mass is 9.51. The first kappa shape index (κ1) is 25.5. The van der Waals surface area contributed by atoms with Gasteiger partial charge in [-0.2, -0.15) is 0 Å². The molecule has 5 aliphatic rings. The first-order valence-electron chi connectivity index (χ1n) is 25.9. The van der Waals surface area contributed by atoms with Crippen LogP contribution in [0.1, 0.15) is 42.5 Å². The minimum Gasteiger partial charge on any atom is -0.353 e. The number of ether oxygens (including phenoxy) is 2. The maximum absolute atomic E-state index is 8.57. The van der Waals surface area contributed by atoms with Crippen molar-refractivity contribution in [2.75, 3.05) is 6.61 Å². The maximum Gasteiger partial charge on any atom is 0.163 e. The Morgan fingerprint density at radius 1 is 0.265 bits per heavy atom. The van der Waals surface area contributed by atoms with Crippen LogP contribution in [-0.4, -0.2) is 12.9 Å². The Kier molecular flexibility index (Phi) is 2.14. The van der Waals surface area contributed by atoms with Gasteiger partial charge >= 0.3 is 0 Å². The lowest BCUT2D eigenvalue weighted by Gasteiger charge is -2.50. The van der Waals surface area contributed by atoms with Gasteiger partial charge in [0.25, 0.3) is 0 Å². The van der Waals surface area contributed by atoms with Gasteiger partial charge in [0.05, 0.1) is 5.41 Å². The standard InChI is InChI=1S/C66H12O2/c1-3-5-64(67-4-2)68-66-62-56-50-40-28-20-12-8-6-7-10-14(12)22(28)32-26-18(10)19-11(7)15-13-9(6)17-16(8)24-30(20)38-44-34(24)35-25(17)31-21(13)29-23(15)33-27(19)37-36(26)48(42(32)50)58(62)59-49(37)43(33)51-41(29)47-39(31)45(35)53-52(44)60(54(56)46(38)40)65(5,66)61(53)55(47)57(51)63(59)66/h5,64H,3-4H2,1-2H3/t5-,64-,65?,66?/m0/s1. The van der Waals surface area contributed by atoms with Gasteiger partial charge < -0.3 is 9.47 Å². The molecule has 1 fully saturated rings. The largest absolute Gasteiger partial charge is 0.353 e. The molecule has 1 heterocycles. The fourth-order valence-electron chi connectivity index (χ4n) is 25.4. The lowest BCUT2D eigenvalue weighted by molar-refractivity contribution is -0.169. The molecule has 2 heteroatoms. The average Bonchev–Trinajstić information content (AvgIpc) is 4.22. The Hall–Kier alpha value is -7.62. The highest BCUT2D eigenvalue weighted by molar-refractivity contribution is 6.82. The highest BCUT2D eigenvalue weighted by Crippen LogP contribution is 2.87. The van der Waals surface area contributed by atoms with Crippen LogP contribution in [-0.2, 0) is 20.5 Å². The van der Waals surface area contributed by atoms with Crippen molar-refractivity contribution in [3.8, 4) is 0 Å². The fraction of sp³-hybridized carbons (Fsp3) is 0.121. The SMILES string of the molecule is CCO[C@H]1OC23c4c5c6c7c8c9c(c%10c%11c2c2c4c4c%12c5c5c6c6c8c8c%13c9c9c%10c%10c%11c%11c2c2c4c4c%12c%12c5c5c6c8c6c8c%13c9c9c%10c%10c%11c2c2c4c4c%12c5c6c5c8c9c%10c2c45)C73[C@H]1CC. The second-order valence-electron chi connectivity index (χ2n) is 25.2. The highest BCUT2D eigenvalue weighted by Gasteiger charge is 2.77. The third kappa shape index (κ3) is 1.29. The number of benzene rings is 18. The first-order chi connectivity index (χ1) is 33.9. The second kappa shape index (κ2) is 5.70. The van der Waals surface area contributed by atoms with Gasteiger partial charge in [-0.1, -0.05) is 6.92 Å². The summed E-state index contributed by atoms with van der Waals surface area (Å²) in [6.45, 7) is 5.39. The van der Waals surface area contributed by atoms with Crippen LogP contribution in [0.5, 0.6) is 0 Å². The Morgan fingerprint density at radius 2 is 0.441 bits per heavy atom. The highest BCUT2D eigenvalue weighted by atomic mass is 16.7. The van der Waals surface area contributed by atoms with Crippen molar-refractivity contribution in [2.24, 2.45) is 5.92 Å². The molecular weight excluding hydrogens is 825 g/mol. The quantitative estimate of drug-likeness (QED) is 0.165. The summed E-state index contributed by atoms with van der Waals surface area (Å²) in [7, 11) is 0. The molecule has 0 bridgehead atoms. The van der Waals surface area contributed by atoms with Crippen molar-refractivity contribution in [2.45, 2.75) is 37.6 Å². The Balaban J connectivity index is 1.22. The average molecular weight is 837 g/mol. The zero-order valence-corrected chi connectivity index (χ0v) is 35.4. The topological polar surface area (TPSA) is 18.5 Å². The summed E-state index contributed by atoms with van der Waals surface area (Å²) in [6.07, 6.45) is 0.716. The molecule has 68 heavy (non-hydrogen) atoms. The minimum atomic E-state index is -0.682. The van der Waals surface area contributed by atoms with E-state index in [1.165, 1.54) is 0 Å². The van der Waals surface area contributed by atoms with Gasteiger partial charge in [0.15, 0.2) is 6.29 Å². The van der Waals surface area contributed by atoms with E-state index in [0.29, 0.717) is 6.61 Å². The second-order valence-corrected chi connectivity index (χ2v) is 25.2. The van der Waals surface area contributed by atoms with Crippen LogP contribution >= 0.6 is 0 Å². The molecule has 28 aromatic carbocycles. The zero-order valence-electron chi connectivity index (χ0n) is 35.4. The summed E-state index contributed by atoms with van der Waals surface area (Å²) < 4.78 is 15.8. The summed E-state index contributed by atoms with van der Waals surface area (Å²) in [6, 6.07) is 0. The monoisotopic (exact) mass is 836 g/mol. The predicted molar refractivity (Wildman–Crippen MR) is 284 cm³/mol. The molecule has 0 N–H and O–H groups in total. The molecule has 0 saturated carbocycles. The molecule has 2 spiro atoms. The van der Waals surface area contributed by atoms with E-state index in [1.54, 1.807) is 313 Å². The molecule has 0 aromatic heterocycles. The third-order valence-corrected chi connectivity index (χ3v) is 25.2. The van der Waals surface area contributed by atoms with Gasteiger partial charge in [-0.05, 0) is 315 Å². The molecule has 0 unspecified atom stereocenters. The summed E-state index contributed by atoms with van der Waals surface area (Å²) in [5.41, 5.74) is 5.43. The van der Waals surface area contributed by atoms with Crippen molar-refractivity contribution in [3.05, 3.63) is 22.3 Å². The van der Waals surface area contributed by atoms with E-state index >= 15 is 0 Å². The van der Waals surface area contributed by atoms with Gasteiger partial charge in [0, 0.05) is 23.7 Å². The Bertz CT molecular complexity index is 6880. The molecular formula is C66H12O2. The van der Waals surface area contributed by atoms with Gasteiger partial charge in [0.2, 0.25) is 0 Å². The molecule has 0 amide bonds. The molecule has 2 atom stereocenters. The number of hydrogen-bond acceptors (Lipinski definition) is 2. The number of rotatable bonds is 3. The summed E-state index contributed by atoms with van der Waals surface area (Å²) in [5, 5.41) is 88.3. The fourth-order valence-corrected chi connectivity index (χ4v) is 25.4. The predicted octanol–water partition coefficient (Wildman–Crippen LogP) is 17.7. The van der Waals surface area contributed by atoms with Crippen LogP contribution in [0.4, 0.5) is 0 Å². The van der Waals surface area contributed by atoms with E-state index in [-0.39, 0.29) is 12.2 Å². The van der Waals surface area contributed by atoms with E-state index in [4.69, 9.17) is 9.47 Å². The van der Waals surface area contributed by atoms with Crippen molar-refractivity contribution >= 4 is 291 Å². The van der Waals surface area contributed by atoms with E-state index < -0.39 is 11.0 Å². The number of hydrogen-bond donors (Lipinski definition) is 0. The van der Waals surface area contributed by atoms with Gasteiger partial charge in [-0.15, -0.1) is 0 Å². The van der Waals surface area contributed by atoms with Crippen LogP contribution in [0, 0.1) is 5.92 Å².